The summed E-state index contributed by atoms with van der Waals surface area (Å²) in [5, 5.41) is 4.70. The van der Waals surface area contributed by atoms with E-state index in [1.54, 1.807) is 0 Å². The Morgan fingerprint density at radius 3 is 2.45 bits per heavy atom. The van der Waals surface area contributed by atoms with Gasteiger partial charge in [-0.25, -0.2) is 4.57 Å². The molecule has 1 aromatic heterocycles. The standard InChI is InChI=1S/C17H18N3/c1-14-8-6-7-11-16(14)12-20-13-19(2)17(18-20)15-9-4-3-5-10-15/h3-11,13H,12H2,1-2H3/q+1. The number of nitrogens with zero attached hydrogens (tertiary/aromatic N) is 3. The van der Waals surface area contributed by atoms with Crippen LogP contribution in [-0.2, 0) is 13.6 Å². The molecule has 1 heterocycles. The molecule has 0 unspecified atom stereocenters. The Kier molecular flexibility index (Phi) is 3.33. The average Bonchev–Trinajstić information content (AvgIpc) is 2.83. The second-order valence-electron chi connectivity index (χ2n) is 5.04. The number of hydrogen-bond donors (Lipinski definition) is 0. The molecule has 3 heteroatoms. The number of aromatic nitrogens is 3. The lowest BCUT2D eigenvalue weighted by Gasteiger charge is -2.00. The third kappa shape index (κ3) is 2.48. The van der Waals surface area contributed by atoms with E-state index in [-0.39, 0.29) is 0 Å². The van der Waals surface area contributed by atoms with Crippen LogP contribution < -0.4 is 4.57 Å². The van der Waals surface area contributed by atoms with Crippen molar-refractivity contribution < 1.29 is 4.57 Å². The zero-order chi connectivity index (χ0) is 13.9. The molecule has 0 saturated carbocycles. The minimum absolute atomic E-state index is 0.799. The van der Waals surface area contributed by atoms with E-state index in [0.29, 0.717) is 0 Å². The fourth-order valence-electron chi connectivity index (χ4n) is 2.36. The van der Waals surface area contributed by atoms with E-state index in [2.05, 4.69) is 47.9 Å². The molecule has 0 radical (unpaired) electrons. The smallest absolute Gasteiger partial charge is 0.233 e. The van der Waals surface area contributed by atoms with Gasteiger partial charge < -0.3 is 0 Å². The molecule has 100 valence electrons. The normalized spacial score (nSPS) is 10.7. The number of rotatable bonds is 3. The van der Waals surface area contributed by atoms with Gasteiger partial charge in [-0.15, -0.1) is 4.68 Å². The molecule has 0 spiro atoms. The average molecular weight is 264 g/mol. The minimum Gasteiger partial charge on any atom is -0.233 e. The van der Waals surface area contributed by atoms with E-state index in [1.807, 2.05) is 36.3 Å². The van der Waals surface area contributed by atoms with Gasteiger partial charge in [0.25, 0.3) is 0 Å². The fourth-order valence-corrected chi connectivity index (χ4v) is 2.36. The molecule has 2 aromatic carbocycles. The molecule has 3 aromatic rings. The van der Waals surface area contributed by atoms with Gasteiger partial charge in [0, 0.05) is 5.10 Å². The number of benzene rings is 2. The lowest BCUT2D eigenvalue weighted by molar-refractivity contribution is -0.661. The first-order chi connectivity index (χ1) is 9.74. The molecule has 20 heavy (non-hydrogen) atoms. The van der Waals surface area contributed by atoms with E-state index in [9.17, 15) is 0 Å². The summed E-state index contributed by atoms with van der Waals surface area (Å²) in [5.74, 6) is 0.985. The third-order valence-electron chi connectivity index (χ3n) is 3.49. The summed E-state index contributed by atoms with van der Waals surface area (Å²) in [7, 11) is 2.03. The Balaban J connectivity index is 1.92. The predicted molar refractivity (Wildman–Crippen MR) is 79.1 cm³/mol. The number of aryl methyl sites for hydroxylation is 2. The van der Waals surface area contributed by atoms with E-state index in [1.165, 1.54) is 11.1 Å². The van der Waals surface area contributed by atoms with Crippen molar-refractivity contribution in [1.29, 1.82) is 0 Å². The quantitative estimate of drug-likeness (QED) is 0.667. The molecular formula is C17H18N3+. The molecule has 0 amide bonds. The van der Waals surface area contributed by atoms with Gasteiger partial charge in [0.1, 0.15) is 6.54 Å². The minimum atomic E-state index is 0.799. The van der Waals surface area contributed by atoms with Crippen molar-refractivity contribution >= 4 is 0 Å². The van der Waals surface area contributed by atoms with Crippen LogP contribution in [0.15, 0.2) is 60.9 Å². The van der Waals surface area contributed by atoms with E-state index in [0.717, 1.165) is 17.9 Å². The molecule has 0 aliphatic rings. The maximum atomic E-state index is 4.70. The highest BCUT2D eigenvalue weighted by atomic mass is 15.4. The van der Waals surface area contributed by atoms with Crippen LogP contribution in [0.2, 0.25) is 0 Å². The SMILES string of the molecule is Cc1ccccc1Cn1c[n+](C)c(-c2ccccc2)n1. The van der Waals surface area contributed by atoms with E-state index >= 15 is 0 Å². The summed E-state index contributed by atoms with van der Waals surface area (Å²) in [4.78, 5) is 0. The lowest BCUT2D eigenvalue weighted by atomic mass is 10.1. The zero-order valence-corrected chi connectivity index (χ0v) is 11.8. The summed E-state index contributed by atoms with van der Waals surface area (Å²) < 4.78 is 4.05. The van der Waals surface area contributed by atoms with Gasteiger partial charge in [-0.2, -0.15) is 0 Å². The van der Waals surface area contributed by atoms with Gasteiger partial charge >= 0.3 is 5.82 Å². The maximum Gasteiger partial charge on any atom is 0.308 e. The summed E-state index contributed by atoms with van der Waals surface area (Å²) in [6, 6.07) is 18.7. The van der Waals surface area contributed by atoms with Crippen LogP contribution in [0.3, 0.4) is 0 Å². The summed E-state index contributed by atoms with van der Waals surface area (Å²) in [6.07, 6.45) is 2.04. The molecular weight excluding hydrogens is 246 g/mol. The molecule has 0 N–H and O–H groups in total. The van der Waals surface area contributed by atoms with Crippen LogP contribution in [0.25, 0.3) is 11.4 Å². The highest BCUT2D eigenvalue weighted by Gasteiger charge is 2.16. The van der Waals surface area contributed by atoms with Crippen molar-refractivity contribution in [3.8, 4) is 11.4 Å². The molecule has 3 rings (SSSR count). The topological polar surface area (TPSA) is 21.7 Å². The Morgan fingerprint density at radius 2 is 1.70 bits per heavy atom. The Bertz CT molecular complexity index is 714. The van der Waals surface area contributed by atoms with Gasteiger partial charge in [0.2, 0.25) is 6.33 Å². The summed E-state index contributed by atoms with van der Waals surface area (Å²) in [6.45, 7) is 2.93. The largest absolute Gasteiger partial charge is 0.308 e. The van der Waals surface area contributed by atoms with Crippen LogP contribution in [0.1, 0.15) is 11.1 Å². The van der Waals surface area contributed by atoms with Crippen molar-refractivity contribution in [2.45, 2.75) is 13.5 Å². The fraction of sp³-hybridized carbons (Fsp3) is 0.176. The van der Waals surface area contributed by atoms with Crippen LogP contribution in [-0.4, -0.2) is 9.78 Å². The monoisotopic (exact) mass is 264 g/mol. The molecule has 0 saturated heterocycles. The molecule has 0 bridgehead atoms. The van der Waals surface area contributed by atoms with Crippen molar-refractivity contribution in [3.05, 3.63) is 72.1 Å². The summed E-state index contributed by atoms with van der Waals surface area (Å²) in [5.41, 5.74) is 3.74. The third-order valence-corrected chi connectivity index (χ3v) is 3.49. The first-order valence-corrected chi connectivity index (χ1v) is 6.77. The Hall–Kier alpha value is -2.42. The molecule has 0 aliphatic heterocycles. The second-order valence-corrected chi connectivity index (χ2v) is 5.04. The van der Waals surface area contributed by atoms with Gasteiger partial charge in [-0.1, -0.05) is 42.5 Å². The van der Waals surface area contributed by atoms with Crippen molar-refractivity contribution in [2.24, 2.45) is 7.05 Å². The first-order valence-electron chi connectivity index (χ1n) is 6.77. The van der Waals surface area contributed by atoms with Crippen molar-refractivity contribution in [2.75, 3.05) is 0 Å². The van der Waals surface area contributed by atoms with Crippen LogP contribution in [0.5, 0.6) is 0 Å². The van der Waals surface area contributed by atoms with Crippen molar-refractivity contribution in [1.82, 2.24) is 9.78 Å². The number of hydrogen-bond acceptors (Lipinski definition) is 1. The first kappa shape index (κ1) is 12.6. The van der Waals surface area contributed by atoms with E-state index < -0.39 is 0 Å². The molecule has 0 atom stereocenters. The van der Waals surface area contributed by atoms with Crippen molar-refractivity contribution in [3.63, 3.8) is 0 Å². The maximum absolute atomic E-state index is 4.70. The predicted octanol–water partition coefficient (Wildman–Crippen LogP) is 2.73. The van der Waals surface area contributed by atoms with Crippen LogP contribution in [0, 0.1) is 6.92 Å². The highest BCUT2D eigenvalue weighted by molar-refractivity contribution is 5.50. The van der Waals surface area contributed by atoms with Gasteiger partial charge in [-0.05, 0) is 30.2 Å². The Morgan fingerprint density at radius 1 is 1.00 bits per heavy atom. The molecule has 3 nitrogen and oxygen atoms in total. The summed E-state index contributed by atoms with van der Waals surface area (Å²) >= 11 is 0. The highest BCUT2D eigenvalue weighted by Crippen LogP contribution is 2.13. The van der Waals surface area contributed by atoms with Gasteiger partial charge in [-0.3, -0.25) is 0 Å². The lowest BCUT2D eigenvalue weighted by Crippen LogP contribution is -2.28. The van der Waals surface area contributed by atoms with Crippen LogP contribution in [0.4, 0.5) is 0 Å². The van der Waals surface area contributed by atoms with Crippen LogP contribution >= 0.6 is 0 Å². The Labute approximate surface area is 119 Å². The van der Waals surface area contributed by atoms with Gasteiger partial charge in [0.15, 0.2) is 0 Å². The second kappa shape index (κ2) is 5.29. The van der Waals surface area contributed by atoms with Gasteiger partial charge in [0.05, 0.1) is 12.6 Å². The molecule has 0 fully saturated rings. The zero-order valence-electron chi connectivity index (χ0n) is 11.8. The molecule has 0 aliphatic carbocycles. The van der Waals surface area contributed by atoms with E-state index in [4.69, 9.17) is 5.10 Å².